The van der Waals surface area contributed by atoms with Crippen LogP contribution in [-0.2, 0) is 10.3 Å². The van der Waals surface area contributed by atoms with Crippen molar-refractivity contribution in [1.82, 2.24) is 14.9 Å². The van der Waals surface area contributed by atoms with Crippen LogP contribution in [-0.4, -0.2) is 20.8 Å². The lowest BCUT2D eigenvalue weighted by molar-refractivity contribution is -0.123. The molecule has 3 aromatic rings. The summed E-state index contributed by atoms with van der Waals surface area (Å²) < 4.78 is 5.86. The third kappa shape index (κ3) is 2.93. The first kappa shape index (κ1) is 15.2. The monoisotopic (exact) mass is 330 g/mol. The van der Waals surface area contributed by atoms with Crippen molar-refractivity contribution < 1.29 is 9.32 Å². The highest BCUT2D eigenvalue weighted by Gasteiger charge is 2.32. The van der Waals surface area contributed by atoms with Crippen LogP contribution < -0.4 is 10.9 Å². The van der Waals surface area contributed by atoms with Crippen molar-refractivity contribution in [3.8, 4) is 10.6 Å². The molecule has 0 fully saturated rings. The Bertz CT molecular complexity index is 867. The number of carbonyl (C=O) groups is 1. The van der Waals surface area contributed by atoms with Crippen LogP contribution >= 0.6 is 11.3 Å². The molecule has 0 spiro atoms. The molecule has 0 aliphatic rings. The fraction of sp³-hybridized carbons (Fsp3) is 0.200. The van der Waals surface area contributed by atoms with E-state index in [-0.39, 0.29) is 11.4 Å². The van der Waals surface area contributed by atoms with Crippen LogP contribution in [0.4, 0.5) is 5.82 Å². The molecule has 0 saturated heterocycles. The molecule has 0 aliphatic heterocycles. The van der Waals surface area contributed by atoms with Gasteiger partial charge in [0.15, 0.2) is 5.82 Å². The van der Waals surface area contributed by atoms with E-state index in [2.05, 4.69) is 20.1 Å². The van der Waals surface area contributed by atoms with Gasteiger partial charge < -0.3 is 9.84 Å². The number of thiophene rings is 1. The number of nitrogens with one attached hydrogen (secondary N) is 1. The summed E-state index contributed by atoms with van der Waals surface area (Å²) in [5.41, 5.74) is -0.906. The summed E-state index contributed by atoms with van der Waals surface area (Å²) >= 11 is 1.51. The predicted molar refractivity (Wildman–Crippen MR) is 86.3 cm³/mol. The zero-order chi connectivity index (χ0) is 16.4. The Morgan fingerprint density at radius 1 is 1.30 bits per heavy atom. The van der Waals surface area contributed by atoms with Gasteiger partial charge in [-0.1, -0.05) is 11.2 Å². The van der Waals surface area contributed by atoms with E-state index in [1.54, 1.807) is 19.9 Å². The van der Waals surface area contributed by atoms with Gasteiger partial charge in [-0.05, 0) is 31.4 Å². The second-order valence-electron chi connectivity index (χ2n) is 5.34. The first-order valence-corrected chi connectivity index (χ1v) is 7.73. The van der Waals surface area contributed by atoms with Gasteiger partial charge in [-0.3, -0.25) is 9.59 Å². The van der Waals surface area contributed by atoms with E-state index in [1.807, 2.05) is 17.5 Å². The van der Waals surface area contributed by atoms with E-state index in [9.17, 15) is 9.59 Å². The molecule has 3 aromatic heterocycles. The zero-order valence-electron chi connectivity index (χ0n) is 12.5. The molecule has 0 aliphatic carbocycles. The Balaban J connectivity index is 1.97. The summed E-state index contributed by atoms with van der Waals surface area (Å²) in [4.78, 5) is 25.6. The maximum atomic E-state index is 12.5. The van der Waals surface area contributed by atoms with Gasteiger partial charge in [0.05, 0.1) is 4.88 Å². The van der Waals surface area contributed by atoms with Gasteiger partial charge in [-0.2, -0.15) is 5.10 Å². The predicted octanol–water partition coefficient (Wildman–Crippen LogP) is 2.33. The van der Waals surface area contributed by atoms with E-state index in [0.717, 1.165) is 4.88 Å². The van der Waals surface area contributed by atoms with Crippen LogP contribution in [0.3, 0.4) is 0 Å². The van der Waals surface area contributed by atoms with Crippen molar-refractivity contribution in [2.45, 2.75) is 19.4 Å². The number of carbonyl (C=O) groups excluding carboxylic acids is 1. The quantitative estimate of drug-likeness (QED) is 0.793. The van der Waals surface area contributed by atoms with Crippen LogP contribution in [0.25, 0.3) is 10.6 Å². The minimum Gasteiger partial charge on any atom is -0.363 e. The third-order valence-electron chi connectivity index (χ3n) is 3.34. The largest absolute Gasteiger partial charge is 0.363 e. The summed E-state index contributed by atoms with van der Waals surface area (Å²) in [7, 11) is 0. The van der Waals surface area contributed by atoms with Crippen LogP contribution in [0, 0.1) is 0 Å². The number of hydrogen-bond donors (Lipinski definition) is 1. The SMILES string of the molecule is CC(C)(C(=O)Nc1ccon1)n1nc(-c2cccs2)ccc1=O. The lowest BCUT2D eigenvalue weighted by Crippen LogP contribution is -2.47. The van der Waals surface area contributed by atoms with Crippen LogP contribution in [0.1, 0.15) is 13.8 Å². The summed E-state index contributed by atoms with van der Waals surface area (Å²) in [6.07, 6.45) is 1.35. The van der Waals surface area contributed by atoms with Crippen molar-refractivity contribution in [2.24, 2.45) is 0 Å². The van der Waals surface area contributed by atoms with E-state index in [1.165, 1.54) is 34.4 Å². The molecule has 0 atom stereocenters. The molecular formula is C15H14N4O3S. The van der Waals surface area contributed by atoms with Gasteiger partial charge in [0.25, 0.3) is 11.5 Å². The third-order valence-corrected chi connectivity index (χ3v) is 4.23. The van der Waals surface area contributed by atoms with Crippen molar-refractivity contribution in [2.75, 3.05) is 5.32 Å². The van der Waals surface area contributed by atoms with Crippen LogP contribution in [0.2, 0.25) is 0 Å². The second kappa shape index (κ2) is 5.81. The molecule has 0 saturated carbocycles. The summed E-state index contributed by atoms with van der Waals surface area (Å²) in [6, 6.07) is 8.39. The minimum absolute atomic E-state index is 0.283. The molecular weight excluding hydrogens is 316 g/mol. The number of nitrogens with zero attached hydrogens (tertiary/aromatic N) is 3. The van der Waals surface area contributed by atoms with Crippen molar-refractivity contribution in [3.05, 3.63) is 52.3 Å². The highest BCUT2D eigenvalue weighted by Crippen LogP contribution is 2.23. The number of hydrogen-bond acceptors (Lipinski definition) is 6. The highest BCUT2D eigenvalue weighted by molar-refractivity contribution is 7.13. The number of aromatic nitrogens is 3. The molecule has 23 heavy (non-hydrogen) atoms. The Labute approximate surface area is 135 Å². The molecule has 0 radical (unpaired) electrons. The van der Waals surface area contributed by atoms with Crippen molar-refractivity contribution in [3.63, 3.8) is 0 Å². The Kier molecular flexibility index (Phi) is 3.83. The molecule has 118 valence electrons. The maximum Gasteiger partial charge on any atom is 0.267 e. The van der Waals surface area contributed by atoms with Crippen LogP contribution in [0.5, 0.6) is 0 Å². The summed E-state index contributed by atoms with van der Waals surface area (Å²) in [5.74, 6) is -0.130. The number of amides is 1. The molecule has 0 aromatic carbocycles. The number of anilines is 1. The maximum absolute atomic E-state index is 12.5. The van der Waals surface area contributed by atoms with E-state index < -0.39 is 11.4 Å². The van der Waals surface area contributed by atoms with Gasteiger partial charge in [0.2, 0.25) is 0 Å². The molecule has 0 bridgehead atoms. The van der Waals surface area contributed by atoms with Gasteiger partial charge >= 0.3 is 0 Å². The Morgan fingerprint density at radius 2 is 2.13 bits per heavy atom. The second-order valence-corrected chi connectivity index (χ2v) is 6.29. The normalized spacial score (nSPS) is 11.4. The van der Waals surface area contributed by atoms with Gasteiger partial charge in [-0.25, -0.2) is 4.68 Å². The molecule has 0 unspecified atom stereocenters. The molecule has 7 nitrogen and oxygen atoms in total. The minimum atomic E-state index is -1.19. The highest BCUT2D eigenvalue weighted by atomic mass is 32.1. The van der Waals surface area contributed by atoms with E-state index in [0.29, 0.717) is 5.69 Å². The lowest BCUT2D eigenvalue weighted by atomic mass is 10.0. The zero-order valence-corrected chi connectivity index (χ0v) is 13.3. The molecule has 3 heterocycles. The van der Waals surface area contributed by atoms with Crippen molar-refractivity contribution >= 4 is 23.1 Å². The van der Waals surface area contributed by atoms with Gasteiger partial charge in [-0.15, -0.1) is 11.3 Å². The molecule has 1 N–H and O–H groups in total. The smallest absolute Gasteiger partial charge is 0.267 e. The standard InChI is InChI=1S/C15H14N4O3S/c1-15(2,14(21)16-12-7-8-22-18-12)19-13(20)6-5-10(17-19)11-4-3-9-23-11/h3-9H,1-2H3,(H,16,18,21). The Hall–Kier alpha value is -2.74. The fourth-order valence-electron chi connectivity index (χ4n) is 2.01. The molecule has 8 heteroatoms. The van der Waals surface area contributed by atoms with Gasteiger partial charge in [0, 0.05) is 12.1 Å². The fourth-order valence-corrected chi connectivity index (χ4v) is 2.70. The summed E-state index contributed by atoms with van der Waals surface area (Å²) in [5, 5.41) is 12.5. The molecule has 1 amide bonds. The number of rotatable bonds is 4. The first-order valence-electron chi connectivity index (χ1n) is 6.85. The lowest BCUT2D eigenvalue weighted by Gasteiger charge is -2.24. The van der Waals surface area contributed by atoms with E-state index >= 15 is 0 Å². The molecule has 3 rings (SSSR count). The summed E-state index contributed by atoms with van der Waals surface area (Å²) in [6.45, 7) is 3.24. The van der Waals surface area contributed by atoms with Crippen LogP contribution in [0.15, 0.2) is 51.3 Å². The average molecular weight is 330 g/mol. The average Bonchev–Trinajstić information content (AvgIpc) is 3.20. The first-order chi connectivity index (χ1) is 11.0. The van der Waals surface area contributed by atoms with E-state index in [4.69, 9.17) is 0 Å². The van der Waals surface area contributed by atoms with Gasteiger partial charge in [0.1, 0.15) is 17.5 Å². The topological polar surface area (TPSA) is 90.0 Å². The Morgan fingerprint density at radius 3 is 2.78 bits per heavy atom. The van der Waals surface area contributed by atoms with Crippen molar-refractivity contribution in [1.29, 1.82) is 0 Å².